The Bertz CT molecular complexity index is 333. The number of carbonyl (C=O) groups is 1. The molecule has 0 saturated heterocycles. The van der Waals surface area contributed by atoms with E-state index in [9.17, 15) is 4.79 Å². The lowest BCUT2D eigenvalue weighted by Crippen LogP contribution is -2.32. The summed E-state index contributed by atoms with van der Waals surface area (Å²) >= 11 is 0. The average molecular weight is 412 g/mol. The highest BCUT2D eigenvalue weighted by Crippen LogP contribution is 2.13. The zero-order valence-electron chi connectivity index (χ0n) is 20.0. The van der Waals surface area contributed by atoms with Gasteiger partial charge in [-0.05, 0) is 12.8 Å². The Balaban J connectivity index is 3.29. The van der Waals surface area contributed by atoms with Gasteiger partial charge in [0.15, 0.2) is 0 Å². The maximum Gasteiger partial charge on any atom is 0.322 e. The summed E-state index contributed by atoms with van der Waals surface area (Å²) in [6.07, 6.45) is 26.8. The van der Waals surface area contributed by atoms with Gasteiger partial charge in [0.05, 0.1) is 6.61 Å². The molecule has 0 aliphatic carbocycles. The second-order valence-corrected chi connectivity index (χ2v) is 8.93. The van der Waals surface area contributed by atoms with Crippen molar-refractivity contribution < 1.29 is 9.53 Å². The summed E-state index contributed by atoms with van der Waals surface area (Å²) in [5, 5.41) is 0. The summed E-state index contributed by atoms with van der Waals surface area (Å²) in [6, 6.07) is -0.424. The van der Waals surface area contributed by atoms with Crippen LogP contribution in [0.4, 0.5) is 0 Å². The normalized spacial score (nSPS) is 12.2. The van der Waals surface area contributed by atoms with Crippen LogP contribution in [0.25, 0.3) is 0 Å². The monoisotopic (exact) mass is 411 g/mol. The summed E-state index contributed by atoms with van der Waals surface area (Å²) in [5.74, 6) is -0.198. The van der Waals surface area contributed by atoms with Gasteiger partial charge in [0, 0.05) is 0 Å². The van der Waals surface area contributed by atoms with Crippen LogP contribution in [0.1, 0.15) is 149 Å². The van der Waals surface area contributed by atoms with Crippen LogP contribution < -0.4 is 5.73 Å². The molecule has 0 aromatic heterocycles. The molecule has 3 nitrogen and oxygen atoms in total. The number of hydrogen-bond donors (Lipinski definition) is 1. The van der Waals surface area contributed by atoms with Crippen LogP contribution in [-0.4, -0.2) is 18.6 Å². The number of hydrogen-bond acceptors (Lipinski definition) is 3. The zero-order chi connectivity index (χ0) is 21.4. The molecule has 1 unspecified atom stereocenters. The van der Waals surface area contributed by atoms with Gasteiger partial charge in [0.25, 0.3) is 0 Å². The van der Waals surface area contributed by atoms with E-state index in [2.05, 4.69) is 13.8 Å². The van der Waals surface area contributed by atoms with Crippen LogP contribution in [0.15, 0.2) is 0 Å². The van der Waals surface area contributed by atoms with Crippen LogP contribution in [0.5, 0.6) is 0 Å². The van der Waals surface area contributed by atoms with Crippen molar-refractivity contribution in [2.75, 3.05) is 6.61 Å². The highest BCUT2D eigenvalue weighted by molar-refractivity contribution is 5.75. The standard InChI is InChI=1S/C26H53NO2/c1-3-5-7-9-11-13-14-15-16-18-20-22-24-29-26(28)25(27)23-21-19-17-12-10-8-6-4-2/h25H,3-24,27H2,1-2H3. The predicted octanol–water partition coefficient (Wildman–Crippen LogP) is 8.09. The number of rotatable bonds is 23. The van der Waals surface area contributed by atoms with Gasteiger partial charge in [-0.3, -0.25) is 4.79 Å². The largest absolute Gasteiger partial charge is 0.465 e. The summed E-state index contributed by atoms with van der Waals surface area (Å²) in [4.78, 5) is 11.9. The Morgan fingerprint density at radius 1 is 0.586 bits per heavy atom. The van der Waals surface area contributed by atoms with E-state index in [1.54, 1.807) is 0 Å². The molecule has 0 rings (SSSR count). The highest BCUT2D eigenvalue weighted by atomic mass is 16.5. The maximum atomic E-state index is 11.9. The van der Waals surface area contributed by atoms with Crippen molar-refractivity contribution in [2.45, 2.75) is 155 Å². The second kappa shape index (κ2) is 23.7. The lowest BCUT2D eigenvalue weighted by molar-refractivity contribution is -0.145. The van der Waals surface area contributed by atoms with Crippen molar-refractivity contribution >= 4 is 5.97 Å². The molecule has 0 radical (unpaired) electrons. The fraction of sp³-hybridized carbons (Fsp3) is 0.962. The molecule has 2 N–H and O–H groups in total. The van der Waals surface area contributed by atoms with Crippen LogP contribution in [0.2, 0.25) is 0 Å². The van der Waals surface area contributed by atoms with Crippen molar-refractivity contribution in [3.8, 4) is 0 Å². The van der Waals surface area contributed by atoms with Gasteiger partial charge in [-0.15, -0.1) is 0 Å². The fourth-order valence-corrected chi connectivity index (χ4v) is 3.84. The van der Waals surface area contributed by atoms with E-state index in [1.165, 1.54) is 109 Å². The number of carbonyl (C=O) groups excluding carboxylic acids is 1. The van der Waals surface area contributed by atoms with Crippen LogP contribution in [0, 0.1) is 0 Å². The van der Waals surface area contributed by atoms with Gasteiger partial charge in [0.2, 0.25) is 0 Å². The second-order valence-electron chi connectivity index (χ2n) is 8.93. The third kappa shape index (κ3) is 21.9. The minimum Gasteiger partial charge on any atom is -0.465 e. The van der Waals surface area contributed by atoms with Gasteiger partial charge in [-0.2, -0.15) is 0 Å². The van der Waals surface area contributed by atoms with E-state index >= 15 is 0 Å². The molecule has 0 aromatic rings. The molecular weight excluding hydrogens is 358 g/mol. The quantitative estimate of drug-likeness (QED) is 0.136. The Kier molecular flexibility index (Phi) is 23.2. The van der Waals surface area contributed by atoms with E-state index in [4.69, 9.17) is 10.5 Å². The third-order valence-corrected chi connectivity index (χ3v) is 5.91. The molecule has 0 fully saturated rings. The van der Waals surface area contributed by atoms with E-state index < -0.39 is 6.04 Å². The predicted molar refractivity (Wildman–Crippen MR) is 127 cm³/mol. The van der Waals surface area contributed by atoms with Crippen LogP contribution in [0.3, 0.4) is 0 Å². The van der Waals surface area contributed by atoms with E-state index in [1.807, 2.05) is 0 Å². The number of ether oxygens (including phenoxy) is 1. The lowest BCUT2D eigenvalue weighted by atomic mass is 10.0. The first kappa shape index (κ1) is 28.4. The summed E-state index contributed by atoms with van der Waals surface area (Å²) in [6.45, 7) is 5.06. The maximum absolute atomic E-state index is 11.9. The molecule has 0 spiro atoms. The van der Waals surface area contributed by atoms with Crippen molar-refractivity contribution in [3.63, 3.8) is 0 Å². The van der Waals surface area contributed by atoms with E-state index in [-0.39, 0.29) is 5.97 Å². The van der Waals surface area contributed by atoms with Crippen LogP contribution >= 0.6 is 0 Å². The molecule has 0 aliphatic heterocycles. The third-order valence-electron chi connectivity index (χ3n) is 5.91. The average Bonchev–Trinajstić information content (AvgIpc) is 2.73. The molecule has 174 valence electrons. The van der Waals surface area contributed by atoms with Gasteiger partial charge in [-0.1, -0.05) is 136 Å². The number of nitrogens with two attached hydrogens (primary N) is 1. The molecule has 0 aliphatic rings. The number of esters is 1. The molecule has 0 aromatic carbocycles. The summed E-state index contributed by atoms with van der Waals surface area (Å²) in [5.41, 5.74) is 5.97. The minimum absolute atomic E-state index is 0.198. The van der Waals surface area contributed by atoms with Gasteiger partial charge < -0.3 is 10.5 Å². The van der Waals surface area contributed by atoms with E-state index in [0.29, 0.717) is 6.61 Å². The Morgan fingerprint density at radius 2 is 0.931 bits per heavy atom. The Hall–Kier alpha value is -0.570. The zero-order valence-corrected chi connectivity index (χ0v) is 20.0. The van der Waals surface area contributed by atoms with Crippen molar-refractivity contribution in [1.82, 2.24) is 0 Å². The molecule has 1 atom stereocenters. The molecule has 0 bridgehead atoms. The summed E-state index contributed by atoms with van der Waals surface area (Å²) in [7, 11) is 0. The Labute approximate surface area is 182 Å². The highest BCUT2D eigenvalue weighted by Gasteiger charge is 2.14. The Morgan fingerprint density at radius 3 is 1.34 bits per heavy atom. The summed E-state index contributed by atoms with van der Waals surface area (Å²) < 4.78 is 5.35. The topological polar surface area (TPSA) is 52.3 Å². The molecule has 0 saturated carbocycles. The molecular formula is C26H53NO2. The lowest BCUT2D eigenvalue weighted by Gasteiger charge is -2.11. The first-order chi connectivity index (χ1) is 14.2. The smallest absolute Gasteiger partial charge is 0.322 e. The van der Waals surface area contributed by atoms with Gasteiger partial charge in [-0.25, -0.2) is 0 Å². The van der Waals surface area contributed by atoms with Gasteiger partial charge in [0.1, 0.15) is 6.04 Å². The first-order valence-electron chi connectivity index (χ1n) is 13.1. The van der Waals surface area contributed by atoms with Crippen molar-refractivity contribution in [2.24, 2.45) is 5.73 Å². The molecule has 0 amide bonds. The first-order valence-corrected chi connectivity index (χ1v) is 13.1. The molecule has 0 heterocycles. The van der Waals surface area contributed by atoms with Crippen molar-refractivity contribution in [1.29, 1.82) is 0 Å². The van der Waals surface area contributed by atoms with Crippen molar-refractivity contribution in [3.05, 3.63) is 0 Å². The number of unbranched alkanes of at least 4 members (excludes halogenated alkanes) is 18. The fourth-order valence-electron chi connectivity index (χ4n) is 3.84. The minimum atomic E-state index is -0.424. The molecule has 29 heavy (non-hydrogen) atoms. The van der Waals surface area contributed by atoms with E-state index in [0.717, 1.165) is 25.7 Å². The van der Waals surface area contributed by atoms with Gasteiger partial charge >= 0.3 is 5.97 Å². The SMILES string of the molecule is CCCCCCCCCCCCCCOC(=O)C(N)CCCCCCCCCC. The van der Waals surface area contributed by atoms with Crippen LogP contribution in [-0.2, 0) is 9.53 Å². The molecule has 3 heteroatoms.